The normalized spacial score (nSPS) is 13.4. The van der Waals surface area contributed by atoms with E-state index < -0.39 is 20.0 Å². The maximum absolute atomic E-state index is 11.8. The van der Waals surface area contributed by atoms with Crippen LogP contribution in [0.5, 0.6) is 0 Å². The minimum atomic E-state index is -3.69. The van der Waals surface area contributed by atoms with Crippen LogP contribution in [0.15, 0.2) is 23.4 Å². The highest BCUT2D eigenvalue weighted by Crippen LogP contribution is 2.19. The highest BCUT2D eigenvalue weighted by molar-refractivity contribution is 7.92. The zero-order chi connectivity index (χ0) is 12.3. The smallest absolute Gasteiger partial charge is 0.258 e. The lowest BCUT2D eigenvalue weighted by Crippen LogP contribution is -2.20. The maximum Gasteiger partial charge on any atom is 0.273 e. The van der Waals surface area contributed by atoms with Crippen molar-refractivity contribution in [1.29, 1.82) is 0 Å². The lowest BCUT2D eigenvalue weighted by Gasteiger charge is -2.07. The van der Waals surface area contributed by atoms with Crippen molar-refractivity contribution in [3.05, 3.63) is 28.4 Å². The van der Waals surface area contributed by atoms with E-state index in [-0.39, 0.29) is 16.6 Å². The largest absolute Gasteiger partial charge is 0.273 e. The molecule has 88 valence electrons. The number of sulfone groups is 1. The first-order valence-electron chi connectivity index (χ1n) is 4.30. The molecule has 0 aliphatic rings. The van der Waals surface area contributed by atoms with E-state index >= 15 is 0 Å². The second-order valence-corrected chi connectivity index (χ2v) is 5.74. The van der Waals surface area contributed by atoms with Gasteiger partial charge in [0.15, 0.2) is 14.9 Å². The summed E-state index contributed by atoms with van der Waals surface area (Å²) in [7, 11) is -3.69. The zero-order valence-electron chi connectivity index (χ0n) is 8.33. The van der Waals surface area contributed by atoms with Gasteiger partial charge in [-0.1, -0.05) is 0 Å². The molecule has 0 bridgehead atoms. The number of pyridine rings is 1. The van der Waals surface area contributed by atoms with Crippen LogP contribution >= 0.6 is 11.6 Å². The highest BCUT2D eigenvalue weighted by atomic mass is 35.5. The predicted molar refractivity (Wildman–Crippen MR) is 58.3 cm³/mol. The average molecular weight is 265 g/mol. The van der Waals surface area contributed by atoms with Crippen LogP contribution in [0.2, 0.25) is 0 Å². The van der Waals surface area contributed by atoms with Crippen molar-refractivity contribution in [2.75, 3.05) is 5.88 Å². The Morgan fingerprint density at radius 3 is 2.75 bits per heavy atom. The van der Waals surface area contributed by atoms with Crippen molar-refractivity contribution in [3.8, 4) is 0 Å². The van der Waals surface area contributed by atoms with E-state index in [9.17, 15) is 18.5 Å². The first-order chi connectivity index (χ1) is 7.39. The van der Waals surface area contributed by atoms with Crippen molar-refractivity contribution in [1.82, 2.24) is 4.98 Å². The fourth-order valence-electron chi connectivity index (χ4n) is 0.957. The molecule has 1 aromatic rings. The van der Waals surface area contributed by atoms with E-state index in [1.54, 1.807) is 0 Å². The molecule has 0 saturated heterocycles. The molecule has 16 heavy (non-hydrogen) atoms. The van der Waals surface area contributed by atoms with Crippen molar-refractivity contribution in [2.24, 2.45) is 0 Å². The van der Waals surface area contributed by atoms with E-state index in [4.69, 9.17) is 11.6 Å². The molecule has 0 aliphatic heterocycles. The highest BCUT2D eigenvalue weighted by Gasteiger charge is 2.25. The molecular formula is C8H9ClN2O4S. The minimum Gasteiger partial charge on any atom is -0.258 e. The molecule has 1 rings (SSSR count). The Morgan fingerprint density at radius 1 is 1.62 bits per heavy atom. The standard InChI is InChI=1S/C8H9ClN2O4S/c1-6(5-9)16(14,15)8-4-7(11(12)13)2-3-10-8/h2-4,6H,5H2,1H3. The molecule has 0 saturated carbocycles. The Bertz CT molecular complexity index is 503. The Morgan fingerprint density at radius 2 is 2.25 bits per heavy atom. The molecule has 0 spiro atoms. The fraction of sp³-hybridized carbons (Fsp3) is 0.375. The number of aromatic nitrogens is 1. The van der Waals surface area contributed by atoms with Crippen LogP contribution in [0.4, 0.5) is 5.69 Å². The van der Waals surface area contributed by atoms with Crippen LogP contribution in [0.3, 0.4) is 0 Å². The molecule has 0 fully saturated rings. The molecule has 6 nitrogen and oxygen atoms in total. The monoisotopic (exact) mass is 264 g/mol. The van der Waals surface area contributed by atoms with Crippen molar-refractivity contribution >= 4 is 27.1 Å². The summed E-state index contributed by atoms with van der Waals surface area (Å²) in [5.74, 6) is -0.0906. The SMILES string of the molecule is CC(CCl)S(=O)(=O)c1cc([N+](=O)[O-])ccn1. The number of hydrogen-bond donors (Lipinski definition) is 0. The topological polar surface area (TPSA) is 90.2 Å². The molecule has 0 radical (unpaired) electrons. The molecule has 0 amide bonds. The number of halogens is 1. The molecule has 1 aromatic heterocycles. The van der Waals surface area contributed by atoms with Gasteiger partial charge in [0.25, 0.3) is 5.69 Å². The van der Waals surface area contributed by atoms with E-state index in [0.29, 0.717) is 0 Å². The third kappa shape index (κ3) is 2.48. The summed E-state index contributed by atoms with van der Waals surface area (Å²) < 4.78 is 23.5. The van der Waals surface area contributed by atoms with Gasteiger partial charge in [0.05, 0.1) is 16.2 Å². The molecule has 1 atom stereocenters. The first-order valence-corrected chi connectivity index (χ1v) is 6.38. The number of rotatable bonds is 4. The van der Waals surface area contributed by atoms with E-state index in [0.717, 1.165) is 18.3 Å². The van der Waals surface area contributed by atoms with Gasteiger partial charge in [-0.3, -0.25) is 10.1 Å². The molecular weight excluding hydrogens is 256 g/mol. The van der Waals surface area contributed by atoms with Crippen LogP contribution in [-0.4, -0.2) is 29.5 Å². The van der Waals surface area contributed by atoms with E-state index in [2.05, 4.69) is 4.98 Å². The van der Waals surface area contributed by atoms with Crippen molar-refractivity contribution in [3.63, 3.8) is 0 Å². The van der Waals surface area contributed by atoms with E-state index in [1.165, 1.54) is 6.92 Å². The summed E-state index contributed by atoms with van der Waals surface area (Å²) in [5.41, 5.74) is -0.310. The number of hydrogen-bond acceptors (Lipinski definition) is 5. The third-order valence-electron chi connectivity index (χ3n) is 1.97. The predicted octanol–water partition coefficient (Wildman–Crippen LogP) is 1.39. The minimum absolute atomic E-state index is 0.0906. The lowest BCUT2D eigenvalue weighted by atomic mass is 10.4. The maximum atomic E-state index is 11.8. The molecule has 0 aliphatic carbocycles. The zero-order valence-corrected chi connectivity index (χ0v) is 9.90. The Balaban J connectivity index is 3.24. The molecule has 0 aromatic carbocycles. The van der Waals surface area contributed by atoms with Gasteiger partial charge in [-0.25, -0.2) is 13.4 Å². The second-order valence-electron chi connectivity index (χ2n) is 3.12. The Hall–Kier alpha value is -1.21. The van der Waals surface area contributed by atoms with E-state index in [1.807, 2.05) is 0 Å². The summed E-state index contributed by atoms with van der Waals surface area (Å²) in [6.45, 7) is 1.42. The summed E-state index contributed by atoms with van der Waals surface area (Å²) in [4.78, 5) is 13.4. The number of nitrogens with zero attached hydrogens (tertiary/aromatic N) is 2. The Kier molecular flexibility index (Phi) is 3.82. The summed E-state index contributed by atoms with van der Waals surface area (Å²) in [6.07, 6.45) is 1.09. The van der Waals surface area contributed by atoms with Gasteiger partial charge in [0.1, 0.15) is 0 Å². The second kappa shape index (κ2) is 4.75. The van der Waals surface area contributed by atoms with Crippen LogP contribution < -0.4 is 0 Å². The van der Waals surface area contributed by atoms with Crippen LogP contribution in [-0.2, 0) is 9.84 Å². The number of nitro groups is 1. The molecule has 8 heteroatoms. The molecule has 1 heterocycles. The van der Waals surface area contributed by atoms with Gasteiger partial charge < -0.3 is 0 Å². The first kappa shape index (κ1) is 12.9. The van der Waals surface area contributed by atoms with Gasteiger partial charge in [0.2, 0.25) is 0 Å². The fourth-order valence-corrected chi connectivity index (χ4v) is 2.53. The summed E-state index contributed by atoms with van der Waals surface area (Å²) in [5, 5.41) is 9.32. The average Bonchev–Trinajstić information content (AvgIpc) is 2.28. The molecule has 1 unspecified atom stereocenters. The van der Waals surface area contributed by atoms with Crippen LogP contribution in [0, 0.1) is 10.1 Å². The van der Waals surface area contributed by atoms with Gasteiger partial charge in [-0.2, -0.15) is 0 Å². The third-order valence-corrected chi connectivity index (χ3v) is 4.65. The quantitative estimate of drug-likeness (QED) is 0.466. The molecule has 0 N–H and O–H groups in total. The summed E-state index contributed by atoms with van der Waals surface area (Å²) in [6, 6.07) is 2.06. The van der Waals surface area contributed by atoms with Gasteiger partial charge in [0, 0.05) is 18.1 Å². The van der Waals surface area contributed by atoms with Crippen molar-refractivity contribution < 1.29 is 13.3 Å². The van der Waals surface area contributed by atoms with Crippen molar-refractivity contribution in [2.45, 2.75) is 17.2 Å². The van der Waals surface area contributed by atoms with Gasteiger partial charge in [-0.15, -0.1) is 11.6 Å². The summed E-state index contributed by atoms with van der Waals surface area (Å²) >= 11 is 5.45. The van der Waals surface area contributed by atoms with Crippen LogP contribution in [0.1, 0.15) is 6.92 Å². The van der Waals surface area contributed by atoms with Gasteiger partial charge >= 0.3 is 0 Å². The van der Waals surface area contributed by atoms with Crippen LogP contribution in [0.25, 0.3) is 0 Å². The lowest BCUT2D eigenvalue weighted by molar-refractivity contribution is -0.385. The Labute approximate surface area is 97.3 Å². The van der Waals surface area contributed by atoms with Gasteiger partial charge in [-0.05, 0) is 6.92 Å². The number of alkyl halides is 1.